The van der Waals surface area contributed by atoms with Gasteiger partial charge < -0.3 is 9.80 Å². The van der Waals surface area contributed by atoms with Crippen LogP contribution in [0.4, 0.5) is 5.95 Å². The average molecular weight is 196 g/mol. The Kier molecular flexibility index (Phi) is 2.93. The van der Waals surface area contributed by atoms with E-state index in [2.05, 4.69) is 37.3 Å². The minimum atomic E-state index is 0.725. The third kappa shape index (κ3) is 2.01. The molecule has 1 N–H and O–H groups in total. The number of H-pyrrole nitrogens is 1. The molecule has 0 aliphatic carbocycles. The van der Waals surface area contributed by atoms with Crippen molar-refractivity contribution in [3.05, 3.63) is 0 Å². The lowest BCUT2D eigenvalue weighted by Crippen LogP contribution is -2.31. The van der Waals surface area contributed by atoms with Gasteiger partial charge in [-0.05, 0) is 24.7 Å². The first-order valence-corrected chi connectivity index (χ1v) is 5.11. The summed E-state index contributed by atoms with van der Waals surface area (Å²) in [4.78, 5) is 4.62. The number of rotatable bonds is 2. The fourth-order valence-electron chi connectivity index (χ4n) is 1.78. The molecule has 6 heteroatoms. The van der Waals surface area contributed by atoms with E-state index in [9.17, 15) is 0 Å². The first-order valence-electron chi connectivity index (χ1n) is 5.11. The third-order valence-corrected chi connectivity index (χ3v) is 2.65. The molecule has 1 fully saturated rings. The van der Waals surface area contributed by atoms with E-state index in [4.69, 9.17) is 0 Å². The van der Waals surface area contributed by atoms with Crippen molar-refractivity contribution in [3.63, 3.8) is 0 Å². The predicted octanol–water partition coefficient (Wildman–Crippen LogP) is -0.268. The second kappa shape index (κ2) is 4.36. The van der Waals surface area contributed by atoms with Crippen LogP contribution < -0.4 is 4.90 Å². The zero-order valence-corrected chi connectivity index (χ0v) is 8.48. The molecule has 1 saturated heterocycles. The zero-order valence-electron chi connectivity index (χ0n) is 8.48. The normalized spacial score (nSPS) is 19.6. The standard InChI is InChI=1S/C8H16N6/c1-2-13-4-3-5-14(7-6-13)8-9-11-12-10-8/h2-7H2,1H3,(H,9,10,11,12). The van der Waals surface area contributed by atoms with Gasteiger partial charge >= 0.3 is 0 Å². The molecule has 0 unspecified atom stereocenters. The van der Waals surface area contributed by atoms with Gasteiger partial charge in [-0.15, -0.1) is 5.10 Å². The molecule has 2 rings (SSSR count). The van der Waals surface area contributed by atoms with Crippen LogP contribution in [0.1, 0.15) is 13.3 Å². The lowest BCUT2D eigenvalue weighted by atomic mass is 10.4. The van der Waals surface area contributed by atoms with Gasteiger partial charge in [-0.3, -0.25) is 0 Å². The van der Waals surface area contributed by atoms with Crippen molar-refractivity contribution in [2.75, 3.05) is 37.6 Å². The highest BCUT2D eigenvalue weighted by Crippen LogP contribution is 2.08. The minimum absolute atomic E-state index is 0.725. The van der Waals surface area contributed by atoms with E-state index in [1.807, 2.05) is 0 Å². The highest BCUT2D eigenvalue weighted by molar-refractivity contribution is 5.25. The maximum Gasteiger partial charge on any atom is 0.265 e. The fourth-order valence-corrected chi connectivity index (χ4v) is 1.78. The smallest absolute Gasteiger partial charge is 0.265 e. The molecular formula is C8H16N6. The summed E-state index contributed by atoms with van der Waals surface area (Å²) in [5, 5.41) is 14.0. The molecule has 0 saturated carbocycles. The van der Waals surface area contributed by atoms with Crippen LogP contribution in [-0.2, 0) is 0 Å². The number of aromatic amines is 1. The number of tetrazole rings is 1. The van der Waals surface area contributed by atoms with Gasteiger partial charge in [0.15, 0.2) is 0 Å². The van der Waals surface area contributed by atoms with Crippen LogP contribution >= 0.6 is 0 Å². The van der Waals surface area contributed by atoms with E-state index in [0.29, 0.717) is 0 Å². The van der Waals surface area contributed by atoms with E-state index in [1.54, 1.807) is 0 Å². The Balaban J connectivity index is 1.96. The van der Waals surface area contributed by atoms with E-state index in [0.717, 1.165) is 32.1 Å². The van der Waals surface area contributed by atoms with Gasteiger partial charge in [-0.25, -0.2) is 0 Å². The Morgan fingerprint density at radius 3 is 2.93 bits per heavy atom. The number of anilines is 1. The SMILES string of the molecule is CCN1CCCN(c2nn[nH]n2)CC1. The monoisotopic (exact) mass is 196 g/mol. The molecule has 0 atom stereocenters. The summed E-state index contributed by atoms with van der Waals surface area (Å²) < 4.78 is 0. The molecule has 0 radical (unpaired) electrons. The Labute approximate surface area is 83.3 Å². The first kappa shape index (κ1) is 9.39. The third-order valence-electron chi connectivity index (χ3n) is 2.65. The molecule has 2 heterocycles. The topological polar surface area (TPSA) is 60.9 Å². The van der Waals surface area contributed by atoms with Crippen molar-refractivity contribution in [2.24, 2.45) is 0 Å². The number of hydrogen-bond acceptors (Lipinski definition) is 5. The largest absolute Gasteiger partial charge is 0.337 e. The number of nitrogens with zero attached hydrogens (tertiary/aromatic N) is 5. The second-order valence-electron chi connectivity index (χ2n) is 3.49. The Morgan fingerprint density at radius 2 is 2.21 bits per heavy atom. The Hall–Kier alpha value is -1.17. The van der Waals surface area contributed by atoms with Crippen molar-refractivity contribution in [2.45, 2.75) is 13.3 Å². The number of hydrogen-bond donors (Lipinski definition) is 1. The van der Waals surface area contributed by atoms with Crippen LogP contribution in [0.15, 0.2) is 0 Å². The van der Waals surface area contributed by atoms with Crippen molar-refractivity contribution in [3.8, 4) is 0 Å². The maximum atomic E-state index is 3.99. The molecule has 78 valence electrons. The van der Waals surface area contributed by atoms with Gasteiger partial charge in [-0.1, -0.05) is 12.0 Å². The van der Waals surface area contributed by atoms with Gasteiger partial charge in [0.25, 0.3) is 5.95 Å². The lowest BCUT2D eigenvalue weighted by molar-refractivity contribution is 0.310. The van der Waals surface area contributed by atoms with Crippen LogP contribution in [0.2, 0.25) is 0 Å². The highest BCUT2D eigenvalue weighted by Gasteiger charge is 2.16. The van der Waals surface area contributed by atoms with Crippen LogP contribution in [0.3, 0.4) is 0 Å². The van der Waals surface area contributed by atoms with Crippen LogP contribution in [-0.4, -0.2) is 58.2 Å². The molecule has 6 nitrogen and oxygen atoms in total. The summed E-state index contributed by atoms with van der Waals surface area (Å²) >= 11 is 0. The number of nitrogens with one attached hydrogen (secondary N) is 1. The van der Waals surface area contributed by atoms with Gasteiger partial charge in [0.05, 0.1) is 0 Å². The van der Waals surface area contributed by atoms with Crippen LogP contribution in [0.5, 0.6) is 0 Å². The van der Waals surface area contributed by atoms with E-state index in [1.165, 1.54) is 13.0 Å². The minimum Gasteiger partial charge on any atom is -0.337 e. The van der Waals surface area contributed by atoms with E-state index < -0.39 is 0 Å². The molecule has 0 spiro atoms. The van der Waals surface area contributed by atoms with Crippen LogP contribution in [0.25, 0.3) is 0 Å². The van der Waals surface area contributed by atoms with Crippen molar-refractivity contribution < 1.29 is 0 Å². The highest BCUT2D eigenvalue weighted by atomic mass is 15.5. The molecule has 1 aromatic rings. The second-order valence-corrected chi connectivity index (χ2v) is 3.49. The number of aromatic nitrogens is 4. The van der Waals surface area contributed by atoms with Crippen LogP contribution in [0, 0.1) is 0 Å². The van der Waals surface area contributed by atoms with Crippen molar-refractivity contribution >= 4 is 5.95 Å². The lowest BCUT2D eigenvalue weighted by Gasteiger charge is -2.18. The summed E-state index contributed by atoms with van der Waals surface area (Å²) in [6.07, 6.45) is 1.17. The fraction of sp³-hybridized carbons (Fsp3) is 0.875. The molecule has 1 aliphatic heterocycles. The van der Waals surface area contributed by atoms with Gasteiger partial charge in [-0.2, -0.15) is 5.21 Å². The Bertz CT molecular complexity index is 259. The van der Waals surface area contributed by atoms with Gasteiger partial charge in [0, 0.05) is 19.6 Å². The zero-order chi connectivity index (χ0) is 9.80. The summed E-state index contributed by atoms with van der Waals surface area (Å²) in [6, 6.07) is 0. The first-order chi connectivity index (χ1) is 6.90. The van der Waals surface area contributed by atoms with Crippen molar-refractivity contribution in [1.29, 1.82) is 0 Å². The molecule has 0 bridgehead atoms. The Morgan fingerprint density at radius 1 is 1.29 bits per heavy atom. The van der Waals surface area contributed by atoms with Crippen molar-refractivity contribution in [1.82, 2.24) is 25.5 Å². The summed E-state index contributed by atoms with van der Waals surface area (Å²) in [5.74, 6) is 0.725. The quantitative estimate of drug-likeness (QED) is 0.705. The molecule has 1 aromatic heterocycles. The molecule has 14 heavy (non-hydrogen) atoms. The molecular weight excluding hydrogens is 180 g/mol. The summed E-state index contributed by atoms with van der Waals surface area (Å²) in [5.41, 5.74) is 0. The predicted molar refractivity (Wildman–Crippen MR) is 53.1 cm³/mol. The van der Waals surface area contributed by atoms with Gasteiger partial charge in [0.2, 0.25) is 0 Å². The summed E-state index contributed by atoms with van der Waals surface area (Å²) in [6.45, 7) is 7.60. The maximum absolute atomic E-state index is 3.99. The summed E-state index contributed by atoms with van der Waals surface area (Å²) in [7, 11) is 0. The molecule has 1 aliphatic rings. The average Bonchev–Trinajstić information content (AvgIpc) is 2.63. The van der Waals surface area contributed by atoms with Gasteiger partial charge in [0.1, 0.15) is 0 Å². The number of likely N-dealkylation sites (N-methyl/N-ethyl adjacent to an activating group) is 1. The molecule has 0 aromatic carbocycles. The molecule has 0 amide bonds. The van der Waals surface area contributed by atoms with E-state index >= 15 is 0 Å². The van der Waals surface area contributed by atoms with E-state index in [-0.39, 0.29) is 0 Å².